The largest absolute Gasteiger partial charge is 0.481 e. The second kappa shape index (κ2) is 34.7. The van der Waals surface area contributed by atoms with Gasteiger partial charge in [-0.2, -0.15) is 0 Å². The molecular weight excluding hydrogens is 987 g/mol. The molecule has 0 spiro atoms. The molecule has 436 valence electrons. The smallest absolute Gasteiger partial charge is 0.331 e. The van der Waals surface area contributed by atoms with Crippen LogP contribution in [0.25, 0.3) is 0 Å². The fourth-order valence-corrected chi connectivity index (χ4v) is 9.58. The quantitative estimate of drug-likeness (QED) is 0.0333. The molecule has 1 saturated heterocycles. The number of hydrogen-bond donors (Lipinski definition) is 13. The number of aliphatic hydroxyl groups is 10. The number of unbranched alkanes of at least 4 members (excludes halogenated alkanes) is 2. The minimum absolute atomic E-state index is 0.0637. The van der Waals surface area contributed by atoms with Gasteiger partial charge in [0.1, 0.15) is 24.7 Å². The summed E-state index contributed by atoms with van der Waals surface area (Å²) in [7, 11) is 1.62. The Balaban J connectivity index is 2.44. The molecule has 2 heterocycles. The zero-order chi connectivity index (χ0) is 57.3. The lowest BCUT2D eigenvalue weighted by atomic mass is 9.83. The Morgan fingerprint density at radius 1 is 0.816 bits per heavy atom. The third-order valence-electron chi connectivity index (χ3n) is 15.0. The first-order valence-corrected chi connectivity index (χ1v) is 27.1. The van der Waals surface area contributed by atoms with Crippen LogP contribution in [0, 0.1) is 35.5 Å². The highest BCUT2D eigenvalue weighted by atomic mass is 16.7. The number of allylic oxidation sites excluding steroid dienone is 6. The van der Waals surface area contributed by atoms with Gasteiger partial charge < -0.3 is 81.4 Å². The number of carboxylic acid groups (broad SMARTS) is 1. The number of nitrogens with one attached hydrogen (secondary N) is 1. The van der Waals surface area contributed by atoms with Crippen molar-refractivity contribution in [1.29, 1.82) is 0 Å². The van der Waals surface area contributed by atoms with Crippen LogP contribution in [0.2, 0.25) is 0 Å². The Morgan fingerprint density at radius 3 is 2.12 bits per heavy atom. The van der Waals surface area contributed by atoms with E-state index >= 15 is 0 Å². The molecule has 2 bridgehead atoms. The second-order valence-electron chi connectivity index (χ2n) is 21.6. The van der Waals surface area contributed by atoms with Crippen LogP contribution >= 0.6 is 0 Å². The Bertz CT molecular complexity index is 1910. The van der Waals surface area contributed by atoms with Crippen LogP contribution in [-0.2, 0) is 28.6 Å². The molecule has 0 aliphatic carbocycles. The Hall–Kier alpha value is -4.06. The fraction of sp³-hybridized carbons (Fsp3) is 0.750. The topological polar surface area (TPSA) is 352 Å². The van der Waals surface area contributed by atoms with Crippen molar-refractivity contribution in [1.82, 2.24) is 5.32 Å². The number of cyclic esters (lactones) is 1. The van der Waals surface area contributed by atoms with Crippen LogP contribution in [0.3, 0.4) is 0 Å². The molecule has 14 N–H and O–H groups in total. The number of nitrogens with zero attached hydrogens (tertiary/aromatic N) is 1. The molecule has 0 radical (unpaired) electrons. The van der Waals surface area contributed by atoms with Crippen LogP contribution in [0.1, 0.15) is 138 Å². The molecule has 0 saturated carbocycles. The predicted molar refractivity (Wildman–Crippen MR) is 287 cm³/mol. The van der Waals surface area contributed by atoms with Crippen LogP contribution in [0.5, 0.6) is 0 Å². The lowest BCUT2D eigenvalue weighted by Gasteiger charge is -2.45. The van der Waals surface area contributed by atoms with Gasteiger partial charge in [0.2, 0.25) is 0 Å². The minimum Gasteiger partial charge on any atom is -0.481 e. The molecule has 2 aliphatic rings. The number of carboxylic acids is 1. The first kappa shape index (κ1) is 68.0. The number of fused-ring (bicyclic) bond motifs is 2. The van der Waals surface area contributed by atoms with Gasteiger partial charge >= 0.3 is 17.9 Å². The summed E-state index contributed by atoms with van der Waals surface area (Å²) >= 11 is 0. The Labute approximate surface area is 450 Å². The Morgan fingerprint density at radius 2 is 1.46 bits per heavy atom. The van der Waals surface area contributed by atoms with Gasteiger partial charge in [0, 0.05) is 75.4 Å². The summed E-state index contributed by atoms with van der Waals surface area (Å²) in [5.41, 5.74) is 6.16. The van der Waals surface area contributed by atoms with Crippen molar-refractivity contribution in [3.8, 4) is 0 Å². The first-order valence-electron chi connectivity index (χ1n) is 27.1. The van der Waals surface area contributed by atoms with Gasteiger partial charge in [0.25, 0.3) is 0 Å². The van der Waals surface area contributed by atoms with E-state index in [0.29, 0.717) is 18.1 Å². The number of guanidine groups is 1. The molecule has 19 unspecified atom stereocenters. The summed E-state index contributed by atoms with van der Waals surface area (Å²) in [6, 6.07) is 0. The molecule has 0 aromatic carbocycles. The lowest BCUT2D eigenvalue weighted by Crippen LogP contribution is -2.60. The average molecular weight is 1080 g/mol. The van der Waals surface area contributed by atoms with E-state index in [2.05, 4.69) is 22.5 Å². The molecule has 2 rings (SSSR count). The number of carbonyl (C=O) groups excluding carboxylic acids is 2. The van der Waals surface area contributed by atoms with E-state index in [4.69, 9.17) is 19.9 Å². The molecular formula is C56H95N3O17. The van der Waals surface area contributed by atoms with Crippen LogP contribution in [0.4, 0.5) is 0 Å². The van der Waals surface area contributed by atoms with Crippen molar-refractivity contribution in [2.45, 2.75) is 217 Å². The van der Waals surface area contributed by atoms with Crippen LogP contribution in [-0.4, -0.2) is 173 Å². The standard InChI is InChI=1S/C56H95N3O17/c1-33-18-14-15-22-50(69)75-53(36(4)19-13-11-9-10-12-16-25-59-55(57)58-8)37(5)21-17-20-35(3)52(71)39(7)45(63)27-40(60)26-41(74-51(70)31-49(67)68)28-42-29-47(65)54(72)56(73,76-42)32-48(66)34(2)23-24-43(61)38(6)46(64)30-44(33)62/h9-10,14-15,17-18,20-22,33-34,36-48,52-54,60-66,71-73H,11-13,16,19,23-32H2,1-8H3,(H,67,68)(H3,57,58,59)/b10-9+,18-14+,21-17+,22-15-,35-20+. The summed E-state index contributed by atoms with van der Waals surface area (Å²) < 4.78 is 17.4. The van der Waals surface area contributed by atoms with Crippen molar-refractivity contribution in [3.05, 3.63) is 60.3 Å². The van der Waals surface area contributed by atoms with E-state index in [0.717, 1.165) is 32.1 Å². The summed E-state index contributed by atoms with van der Waals surface area (Å²) in [5, 5.41) is 124. The molecule has 19 atom stereocenters. The summed E-state index contributed by atoms with van der Waals surface area (Å²) in [5.74, 6) is -8.29. The number of aliphatic imine (C=N–C) groups is 1. The molecule has 2 aliphatic heterocycles. The number of ether oxygens (including phenoxy) is 3. The SMILES string of the molecule is CN=C(N)NCCC/C=C/CCCC(C)C1OC(=O)/C=C\C=C\C(C)C(O)CC(O)C(C)C(O)CCC(C)C(O)CC2(O)OC(CC(OC(=O)CC(=O)O)CC(O)CC(O)C(C)C(O)/C(C)=C/C=C/C1C)CC(O)C2O. The fourth-order valence-electron chi connectivity index (χ4n) is 9.58. The predicted octanol–water partition coefficient (Wildman–Crippen LogP) is 3.23. The minimum atomic E-state index is -2.53. The molecule has 0 aromatic rings. The van der Waals surface area contributed by atoms with Gasteiger partial charge in [-0.3, -0.25) is 14.6 Å². The van der Waals surface area contributed by atoms with Crippen molar-refractivity contribution in [2.24, 2.45) is 46.2 Å². The van der Waals surface area contributed by atoms with E-state index in [1.54, 1.807) is 66.0 Å². The maximum Gasteiger partial charge on any atom is 0.331 e. The highest BCUT2D eigenvalue weighted by molar-refractivity contribution is 5.90. The van der Waals surface area contributed by atoms with Gasteiger partial charge in [-0.1, -0.05) is 90.2 Å². The van der Waals surface area contributed by atoms with E-state index < -0.39 is 133 Å². The van der Waals surface area contributed by atoms with Crippen molar-refractivity contribution >= 4 is 23.9 Å². The number of hydrogen-bond acceptors (Lipinski definition) is 17. The van der Waals surface area contributed by atoms with Gasteiger partial charge in [0.15, 0.2) is 11.7 Å². The normalized spacial score (nSPS) is 38.6. The third kappa shape index (κ3) is 24.7. The third-order valence-corrected chi connectivity index (χ3v) is 15.0. The summed E-state index contributed by atoms with van der Waals surface area (Å²) in [6.07, 6.45) is 2.26. The molecule has 0 aromatic heterocycles. The Kier molecular flexibility index (Phi) is 31.1. The number of carbonyl (C=O) groups is 3. The maximum absolute atomic E-state index is 13.3. The van der Waals surface area contributed by atoms with Gasteiger partial charge in [-0.25, -0.2) is 4.79 Å². The van der Waals surface area contributed by atoms with E-state index in [1.807, 2.05) is 19.9 Å². The summed E-state index contributed by atoms with van der Waals surface area (Å²) in [6.45, 7) is 12.9. The van der Waals surface area contributed by atoms with Gasteiger partial charge in [-0.15, -0.1) is 0 Å². The van der Waals surface area contributed by atoms with Crippen LogP contribution < -0.4 is 11.1 Å². The number of nitrogens with two attached hydrogens (primary N) is 1. The van der Waals surface area contributed by atoms with Crippen molar-refractivity contribution in [2.75, 3.05) is 13.6 Å². The van der Waals surface area contributed by atoms with Gasteiger partial charge in [0.05, 0.1) is 54.9 Å². The number of esters is 2. The lowest BCUT2D eigenvalue weighted by molar-refractivity contribution is -0.333. The van der Waals surface area contributed by atoms with Crippen LogP contribution in [0.15, 0.2) is 65.2 Å². The van der Waals surface area contributed by atoms with E-state index in [1.165, 1.54) is 12.2 Å². The monoisotopic (exact) mass is 1080 g/mol. The molecule has 20 heteroatoms. The zero-order valence-electron chi connectivity index (χ0n) is 46.1. The molecule has 76 heavy (non-hydrogen) atoms. The average Bonchev–Trinajstić information content (AvgIpc) is 3.35. The number of rotatable bonds is 12. The first-order chi connectivity index (χ1) is 35.7. The second-order valence-corrected chi connectivity index (χ2v) is 21.6. The summed E-state index contributed by atoms with van der Waals surface area (Å²) in [4.78, 5) is 41.2. The molecule has 0 amide bonds. The highest BCUT2D eigenvalue weighted by Gasteiger charge is 2.50. The van der Waals surface area contributed by atoms with E-state index in [9.17, 15) is 70.6 Å². The van der Waals surface area contributed by atoms with Crippen molar-refractivity contribution in [3.63, 3.8) is 0 Å². The zero-order valence-corrected chi connectivity index (χ0v) is 46.1. The van der Waals surface area contributed by atoms with Gasteiger partial charge in [-0.05, 0) is 75.7 Å². The molecule has 1 fully saturated rings. The van der Waals surface area contributed by atoms with E-state index in [-0.39, 0.29) is 56.8 Å². The maximum atomic E-state index is 13.3. The molecule has 20 nitrogen and oxygen atoms in total. The highest BCUT2D eigenvalue weighted by Crippen LogP contribution is 2.36. The van der Waals surface area contributed by atoms with Crippen molar-refractivity contribution < 1.29 is 84.8 Å². The number of aliphatic hydroxyl groups excluding tert-OH is 9. The number of aliphatic carboxylic acids is 1.